The summed E-state index contributed by atoms with van der Waals surface area (Å²) in [6.45, 7) is 8.60. The fourth-order valence-electron chi connectivity index (χ4n) is 5.98. The van der Waals surface area contributed by atoms with Gasteiger partial charge in [0.2, 0.25) is 0 Å². The standard InChI is InChI=1S/C29H33N5O3.CH4/c1-3-32-11-12-33(18-26(32)20-7-5-4-6-8-20)29(36)22-16-23-25(15-19(22)2)31-28(35)24-17-30-34(27(23)24)21-9-13-37-14-10-21;/h4-8,15-17,21,26H,3,9-14,18H2,1-2H3,(H,31,35);1H4/t26-;/m1./s1. The predicted octanol–water partition coefficient (Wildman–Crippen LogP) is 4.69. The number of carbonyl (C=O) groups excluding carboxylic acids is 1. The van der Waals surface area contributed by atoms with Crippen LogP contribution in [0.3, 0.4) is 0 Å². The van der Waals surface area contributed by atoms with Gasteiger partial charge in [0.1, 0.15) is 0 Å². The van der Waals surface area contributed by atoms with Crippen molar-refractivity contribution < 1.29 is 9.53 Å². The number of aromatic amines is 1. The first-order chi connectivity index (χ1) is 18.0. The number of ether oxygens (including phenoxy) is 1. The van der Waals surface area contributed by atoms with Gasteiger partial charge in [0.25, 0.3) is 11.5 Å². The topological polar surface area (TPSA) is 83.5 Å². The molecule has 0 saturated carbocycles. The number of hydrogen-bond acceptors (Lipinski definition) is 5. The third-order valence-corrected chi connectivity index (χ3v) is 8.04. The van der Waals surface area contributed by atoms with Crippen molar-refractivity contribution in [2.45, 2.75) is 46.2 Å². The van der Waals surface area contributed by atoms with E-state index in [0.717, 1.165) is 47.9 Å². The summed E-state index contributed by atoms with van der Waals surface area (Å²) < 4.78 is 7.52. The van der Waals surface area contributed by atoms with E-state index in [2.05, 4.69) is 46.2 Å². The summed E-state index contributed by atoms with van der Waals surface area (Å²) in [6.07, 6.45) is 3.36. The third-order valence-electron chi connectivity index (χ3n) is 8.04. The van der Waals surface area contributed by atoms with Gasteiger partial charge in [-0.15, -0.1) is 0 Å². The summed E-state index contributed by atoms with van der Waals surface area (Å²) >= 11 is 0. The van der Waals surface area contributed by atoms with E-state index >= 15 is 0 Å². The molecule has 200 valence electrons. The van der Waals surface area contributed by atoms with Crippen LogP contribution < -0.4 is 5.56 Å². The number of likely N-dealkylation sites (N-methyl/N-ethyl adjacent to an activating group) is 1. The van der Waals surface area contributed by atoms with Crippen molar-refractivity contribution in [1.82, 2.24) is 24.6 Å². The van der Waals surface area contributed by atoms with Gasteiger partial charge in [0.15, 0.2) is 0 Å². The molecule has 0 aliphatic carbocycles. The normalized spacial score (nSPS) is 19.1. The number of aromatic nitrogens is 3. The molecule has 2 aliphatic rings. The summed E-state index contributed by atoms with van der Waals surface area (Å²) in [6, 6.07) is 14.7. The van der Waals surface area contributed by atoms with Gasteiger partial charge >= 0.3 is 0 Å². The highest BCUT2D eigenvalue weighted by Crippen LogP contribution is 2.31. The van der Waals surface area contributed by atoms with E-state index in [1.807, 2.05) is 34.7 Å². The van der Waals surface area contributed by atoms with Gasteiger partial charge in [-0.2, -0.15) is 5.10 Å². The number of rotatable bonds is 4. The van der Waals surface area contributed by atoms with Crippen LogP contribution in [-0.2, 0) is 4.74 Å². The van der Waals surface area contributed by atoms with Crippen molar-refractivity contribution in [3.63, 3.8) is 0 Å². The molecule has 1 N–H and O–H groups in total. The first kappa shape index (κ1) is 26.1. The van der Waals surface area contributed by atoms with Crippen LogP contribution in [0.2, 0.25) is 0 Å². The molecule has 6 rings (SSSR count). The lowest BCUT2D eigenvalue weighted by molar-refractivity contribution is 0.0494. The van der Waals surface area contributed by atoms with Crippen molar-refractivity contribution in [2.75, 3.05) is 39.4 Å². The predicted molar refractivity (Wildman–Crippen MR) is 151 cm³/mol. The minimum absolute atomic E-state index is 0. The Labute approximate surface area is 223 Å². The second kappa shape index (κ2) is 10.7. The average Bonchev–Trinajstić information content (AvgIpc) is 3.39. The zero-order chi connectivity index (χ0) is 25.5. The van der Waals surface area contributed by atoms with Crippen molar-refractivity contribution in [1.29, 1.82) is 0 Å². The van der Waals surface area contributed by atoms with Crippen LogP contribution in [0.15, 0.2) is 53.5 Å². The van der Waals surface area contributed by atoms with Crippen molar-refractivity contribution in [3.8, 4) is 0 Å². The maximum atomic E-state index is 14.0. The molecule has 1 atom stereocenters. The molecular formula is C30H37N5O3. The number of fused-ring (bicyclic) bond motifs is 3. The molecule has 0 radical (unpaired) electrons. The first-order valence-electron chi connectivity index (χ1n) is 13.2. The molecule has 2 saturated heterocycles. The molecule has 1 amide bonds. The smallest absolute Gasteiger partial charge is 0.259 e. The maximum absolute atomic E-state index is 14.0. The van der Waals surface area contributed by atoms with Crippen LogP contribution in [0.1, 0.15) is 60.8 Å². The van der Waals surface area contributed by atoms with Gasteiger partial charge in [-0.1, -0.05) is 44.7 Å². The zero-order valence-corrected chi connectivity index (χ0v) is 21.4. The van der Waals surface area contributed by atoms with Crippen molar-refractivity contribution in [2.24, 2.45) is 0 Å². The molecule has 0 spiro atoms. The van der Waals surface area contributed by atoms with E-state index in [9.17, 15) is 9.59 Å². The second-order valence-corrected chi connectivity index (χ2v) is 10.2. The quantitative estimate of drug-likeness (QED) is 0.426. The Morgan fingerprint density at radius 1 is 1.11 bits per heavy atom. The molecule has 2 aromatic heterocycles. The molecule has 2 fully saturated rings. The number of pyridine rings is 1. The monoisotopic (exact) mass is 515 g/mol. The summed E-state index contributed by atoms with van der Waals surface area (Å²) in [5, 5.41) is 6.04. The van der Waals surface area contributed by atoms with Gasteiger partial charge in [-0.05, 0) is 49.6 Å². The van der Waals surface area contributed by atoms with Crippen LogP contribution >= 0.6 is 0 Å². The van der Waals surface area contributed by atoms with E-state index in [1.165, 1.54) is 5.56 Å². The molecular weight excluding hydrogens is 478 g/mol. The number of nitrogens with one attached hydrogen (secondary N) is 1. The van der Waals surface area contributed by atoms with Gasteiger partial charge in [0, 0.05) is 43.8 Å². The minimum Gasteiger partial charge on any atom is -0.381 e. The molecule has 4 heterocycles. The second-order valence-electron chi connectivity index (χ2n) is 10.2. The van der Waals surface area contributed by atoms with E-state index in [0.29, 0.717) is 37.3 Å². The lowest BCUT2D eigenvalue weighted by Crippen LogP contribution is -2.50. The third kappa shape index (κ3) is 4.52. The first-order valence-corrected chi connectivity index (χ1v) is 13.2. The van der Waals surface area contributed by atoms with Crippen LogP contribution in [0.25, 0.3) is 21.8 Å². The number of hydrogen-bond donors (Lipinski definition) is 1. The van der Waals surface area contributed by atoms with Gasteiger partial charge in [0.05, 0.1) is 34.7 Å². The van der Waals surface area contributed by atoms with Crippen molar-refractivity contribution >= 4 is 27.7 Å². The Kier molecular flexibility index (Phi) is 7.36. The summed E-state index contributed by atoms with van der Waals surface area (Å²) in [5.74, 6) is 0.0348. The van der Waals surface area contributed by atoms with Crippen LogP contribution in [0, 0.1) is 6.92 Å². The number of piperazine rings is 1. The summed E-state index contributed by atoms with van der Waals surface area (Å²) in [5.41, 5.74) is 4.16. The Hall–Kier alpha value is -3.49. The molecule has 8 heteroatoms. The molecule has 8 nitrogen and oxygen atoms in total. The highest BCUT2D eigenvalue weighted by atomic mass is 16.5. The average molecular weight is 516 g/mol. The Morgan fingerprint density at radius 2 is 1.87 bits per heavy atom. The molecule has 0 bridgehead atoms. The minimum atomic E-state index is -0.152. The lowest BCUT2D eigenvalue weighted by Gasteiger charge is -2.41. The highest BCUT2D eigenvalue weighted by molar-refractivity contribution is 6.07. The maximum Gasteiger partial charge on any atom is 0.259 e. The Morgan fingerprint density at radius 3 is 2.61 bits per heavy atom. The number of carbonyl (C=O) groups is 1. The van der Waals surface area contributed by atoms with E-state index in [4.69, 9.17) is 4.74 Å². The fourth-order valence-corrected chi connectivity index (χ4v) is 5.98. The largest absolute Gasteiger partial charge is 0.381 e. The SMILES string of the molecule is C.CCN1CCN(C(=O)c2cc3c(cc2C)[nH]c(=O)c2cnn(C4CCOCC4)c23)C[C@@H]1c1ccccc1. The Balaban J connectivity index is 0.00000294. The number of benzene rings is 2. The number of H-pyrrole nitrogens is 1. The van der Waals surface area contributed by atoms with Gasteiger partial charge in [-0.3, -0.25) is 19.2 Å². The van der Waals surface area contributed by atoms with Crippen LogP contribution in [0.5, 0.6) is 0 Å². The summed E-state index contributed by atoms with van der Waals surface area (Å²) in [4.78, 5) is 34.3. The number of nitrogens with zero attached hydrogens (tertiary/aromatic N) is 4. The highest BCUT2D eigenvalue weighted by Gasteiger charge is 2.31. The zero-order valence-electron chi connectivity index (χ0n) is 21.4. The molecule has 4 aromatic rings. The van der Waals surface area contributed by atoms with Crippen LogP contribution in [0.4, 0.5) is 0 Å². The Bertz CT molecular complexity index is 1500. The summed E-state index contributed by atoms with van der Waals surface area (Å²) in [7, 11) is 0. The number of aryl methyl sites for hydroxylation is 1. The van der Waals surface area contributed by atoms with Gasteiger partial charge < -0.3 is 14.6 Å². The van der Waals surface area contributed by atoms with Crippen LogP contribution in [-0.4, -0.2) is 69.9 Å². The van der Waals surface area contributed by atoms with E-state index in [-0.39, 0.29) is 31.0 Å². The lowest BCUT2D eigenvalue weighted by atomic mass is 9.99. The van der Waals surface area contributed by atoms with Gasteiger partial charge in [-0.25, -0.2) is 0 Å². The number of amides is 1. The molecule has 0 unspecified atom stereocenters. The van der Waals surface area contributed by atoms with E-state index < -0.39 is 0 Å². The molecule has 2 aliphatic heterocycles. The van der Waals surface area contributed by atoms with E-state index in [1.54, 1.807) is 6.20 Å². The van der Waals surface area contributed by atoms with Crippen molar-refractivity contribution in [3.05, 3.63) is 75.7 Å². The molecule has 38 heavy (non-hydrogen) atoms. The molecule has 2 aromatic carbocycles. The fraction of sp³-hybridized carbons (Fsp3) is 0.433.